The first kappa shape index (κ1) is 25.1. The van der Waals surface area contributed by atoms with Crippen molar-refractivity contribution in [3.05, 3.63) is 78.9 Å². The molecule has 0 spiro atoms. The van der Waals surface area contributed by atoms with Crippen molar-refractivity contribution in [3.63, 3.8) is 0 Å². The van der Waals surface area contributed by atoms with Crippen molar-refractivity contribution in [1.82, 2.24) is 0 Å². The summed E-state index contributed by atoms with van der Waals surface area (Å²) in [6.07, 6.45) is 3.70. The molecule has 4 N–H and O–H groups in total. The van der Waals surface area contributed by atoms with E-state index in [2.05, 4.69) is 0 Å². The molecule has 0 atom stereocenters. The molecule has 33 heavy (non-hydrogen) atoms. The van der Waals surface area contributed by atoms with Crippen molar-refractivity contribution in [2.24, 2.45) is 11.5 Å². The first-order valence-electron chi connectivity index (χ1n) is 10.4. The third-order valence-electron chi connectivity index (χ3n) is 6.08. The monoisotopic (exact) mass is 440 g/mol. The van der Waals surface area contributed by atoms with Gasteiger partial charge in [-0.05, 0) is 116 Å². The fourth-order valence-electron chi connectivity index (χ4n) is 4.26. The topological polar surface area (TPSA) is 134 Å². The minimum absolute atomic E-state index is 0.0957. The molecule has 6 heteroatoms. The van der Waals surface area contributed by atoms with Crippen LogP contribution < -0.4 is 11.5 Å². The average molecular weight is 441 g/mol. The Kier molecular flexibility index (Phi) is 7.59. The molecule has 6 nitrogen and oxygen atoms in total. The maximum atomic E-state index is 11.6. The molecule has 168 valence electrons. The van der Waals surface area contributed by atoms with Crippen LogP contribution in [0.25, 0.3) is 12.2 Å². The van der Waals surface area contributed by atoms with Crippen molar-refractivity contribution >= 4 is 24.0 Å². The summed E-state index contributed by atoms with van der Waals surface area (Å²) in [5.74, 6) is -1.52. The molecule has 0 aliphatic carbocycles. The number of nitriles is 2. The summed E-state index contributed by atoms with van der Waals surface area (Å²) >= 11 is 0. The molecule has 0 saturated carbocycles. The van der Waals surface area contributed by atoms with Gasteiger partial charge in [0.25, 0.3) is 11.8 Å². The Balaban J connectivity index is 2.75. The number of rotatable bonds is 6. The molecular formula is C27H28N4O2. The van der Waals surface area contributed by atoms with Gasteiger partial charge in [0, 0.05) is 0 Å². The summed E-state index contributed by atoms with van der Waals surface area (Å²) in [6, 6.07) is 7.80. The lowest BCUT2D eigenvalue weighted by molar-refractivity contribution is -0.115. The fraction of sp³-hybridized carbons (Fsp3) is 0.259. The van der Waals surface area contributed by atoms with Gasteiger partial charge in [-0.25, -0.2) is 0 Å². The van der Waals surface area contributed by atoms with Crippen molar-refractivity contribution in [2.75, 3.05) is 0 Å². The summed E-state index contributed by atoms with van der Waals surface area (Å²) in [5.41, 5.74) is 20.2. The number of benzene rings is 2. The molecule has 2 aromatic carbocycles. The lowest BCUT2D eigenvalue weighted by Gasteiger charge is -2.20. The standard InChI is InChI=1S/C27H28N4O2/c1-14-7-16(3)24(18(5)22(14)9-20(12-28)26(30)32)11-25-17(4)8-15(2)23(19(25)6)10-21(13-29)27(31)33/h7-10H,11H2,1-6H3,(H2,30,32)(H2,31,33)/b20-9+,21-10+. The quantitative estimate of drug-likeness (QED) is 0.520. The largest absolute Gasteiger partial charge is 0.365 e. The number of primary amides is 2. The van der Waals surface area contributed by atoms with E-state index in [0.29, 0.717) is 6.42 Å². The van der Waals surface area contributed by atoms with Crippen molar-refractivity contribution in [1.29, 1.82) is 10.5 Å². The van der Waals surface area contributed by atoms with Crippen molar-refractivity contribution in [3.8, 4) is 12.1 Å². The summed E-state index contributed by atoms with van der Waals surface area (Å²) < 4.78 is 0. The van der Waals surface area contributed by atoms with E-state index in [9.17, 15) is 20.1 Å². The first-order chi connectivity index (χ1) is 15.4. The second kappa shape index (κ2) is 9.97. The molecule has 0 radical (unpaired) electrons. The predicted molar refractivity (Wildman–Crippen MR) is 130 cm³/mol. The van der Waals surface area contributed by atoms with Crippen LogP contribution in [0.1, 0.15) is 55.6 Å². The molecule has 0 aromatic heterocycles. The van der Waals surface area contributed by atoms with Gasteiger partial charge in [0.1, 0.15) is 23.3 Å². The zero-order valence-corrected chi connectivity index (χ0v) is 19.9. The third-order valence-corrected chi connectivity index (χ3v) is 6.08. The molecule has 0 saturated heterocycles. The van der Waals surface area contributed by atoms with Crippen molar-refractivity contribution in [2.45, 2.75) is 48.0 Å². The zero-order chi connectivity index (χ0) is 25.0. The number of nitrogens with zero attached hydrogens (tertiary/aromatic N) is 2. The first-order valence-corrected chi connectivity index (χ1v) is 10.4. The number of hydrogen-bond acceptors (Lipinski definition) is 4. The van der Waals surface area contributed by atoms with Gasteiger partial charge in [-0.1, -0.05) is 12.1 Å². The van der Waals surface area contributed by atoms with Crippen LogP contribution in [0.15, 0.2) is 23.3 Å². The maximum Gasteiger partial charge on any atom is 0.259 e. The van der Waals surface area contributed by atoms with E-state index in [0.717, 1.165) is 55.6 Å². The van der Waals surface area contributed by atoms with E-state index < -0.39 is 11.8 Å². The minimum Gasteiger partial charge on any atom is -0.365 e. The summed E-state index contributed by atoms with van der Waals surface area (Å²) in [7, 11) is 0. The molecule has 2 aromatic rings. The highest BCUT2D eigenvalue weighted by Crippen LogP contribution is 2.31. The van der Waals surface area contributed by atoms with Gasteiger partial charge in [-0.15, -0.1) is 0 Å². The van der Waals surface area contributed by atoms with Gasteiger partial charge in [0.2, 0.25) is 0 Å². The lowest BCUT2D eigenvalue weighted by atomic mass is 9.84. The highest BCUT2D eigenvalue weighted by Gasteiger charge is 2.17. The predicted octanol–water partition coefficient (Wildman–Crippen LogP) is 3.91. The van der Waals surface area contributed by atoms with E-state index in [1.807, 2.05) is 65.8 Å². The number of aryl methyl sites for hydroxylation is 4. The van der Waals surface area contributed by atoms with Crippen LogP contribution in [0.2, 0.25) is 0 Å². The fourth-order valence-corrected chi connectivity index (χ4v) is 4.26. The average Bonchev–Trinajstić information content (AvgIpc) is 2.72. The van der Waals surface area contributed by atoms with E-state index in [1.54, 1.807) is 12.2 Å². The molecule has 2 rings (SSSR count). The Hall–Kier alpha value is -4.16. The Morgan fingerprint density at radius 1 is 0.727 bits per heavy atom. The van der Waals surface area contributed by atoms with E-state index >= 15 is 0 Å². The zero-order valence-electron chi connectivity index (χ0n) is 19.9. The highest BCUT2D eigenvalue weighted by atomic mass is 16.1. The molecule has 0 bridgehead atoms. The Morgan fingerprint density at radius 2 is 1.06 bits per heavy atom. The maximum absolute atomic E-state index is 11.6. The number of carbonyl (C=O) groups is 2. The minimum atomic E-state index is -0.761. The summed E-state index contributed by atoms with van der Waals surface area (Å²) in [6.45, 7) is 11.9. The van der Waals surface area contributed by atoms with E-state index in [1.165, 1.54) is 0 Å². The summed E-state index contributed by atoms with van der Waals surface area (Å²) in [4.78, 5) is 23.2. The van der Waals surface area contributed by atoms with Gasteiger partial charge < -0.3 is 11.5 Å². The van der Waals surface area contributed by atoms with Gasteiger partial charge in [-0.3, -0.25) is 9.59 Å². The highest BCUT2D eigenvalue weighted by molar-refractivity contribution is 6.01. The number of nitrogens with two attached hydrogens (primary N) is 2. The van der Waals surface area contributed by atoms with Crippen LogP contribution >= 0.6 is 0 Å². The number of carbonyl (C=O) groups excluding carboxylic acids is 2. The molecule has 0 unspecified atom stereocenters. The molecular weight excluding hydrogens is 412 g/mol. The molecule has 0 aliphatic heterocycles. The van der Waals surface area contributed by atoms with Gasteiger partial charge in [0.05, 0.1) is 0 Å². The Bertz CT molecular complexity index is 1210. The van der Waals surface area contributed by atoms with Crippen LogP contribution in [-0.4, -0.2) is 11.8 Å². The van der Waals surface area contributed by atoms with E-state index in [4.69, 9.17) is 11.5 Å². The van der Waals surface area contributed by atoms with Gasteiger partial charge in [-0.2, -0.15) is 10.5 Å². The second-order valence-corrected chi connectivity index (χ2v) is 8.30. The Morgan fingerprint density at radius 3 is 1.33 bits per heavy atom. The molecule has 2 amide bonds. The smallest absolute Gasteiger partial charge is 0.259 e. The van der Waals surface area contributed by atoms with Gasteiger partial charge in [0.15, 0.2) is 0 Å². The van der Waals surface area contributed by atoms with Crippen molar-refractivity contribution < 1.29 is 9.59 Å². The van der Waals surface area contributed by atoms with Gasteiger partial charge >= 0.3 is 0 Å². The molecule has 0 fully saturated rings. The summed E-state index contributed by atoms with van der Waals surface area (Å²) in [5, 5.41) is 18.6. The molecule has 0 aliphatic rings. The van der Waals surface area contributed by atoms with Crippen LogP contribution in [0, 0.1) is 64.2 Å². The van der Waals surface area contributed by atoms with Crippen LogP contribution in [0.4, 0.5) is 0 Å². The van der Waals surface area contributed by atoms with Crippen LogP contribution in [0.5, 0.6) is 0 Å². The van der Waals surface area contributed by atoms with Crippen LogP contribution in [0.3, 0.4) is 0 Å². The normalized spacial score (nSPS) is 11.6. The second-order valence-electron chi connectivity index (χ2n) is 8.30. The lowest BCUT2D eigenvalue weighted by Crippen LogP contribution is -2.13. The van der Waals surface area contributed by atoms with E-state index in [-0.39, 0.29) is 11.1 Å². The van der Waals surface area contributed by atoms with Crippen LogP contribution in [-0.2, 0) is 16.0 Å². The SMILES string of the molecule is Cc1cc(C)c(Cc2c(C)cc(C)c(/C=C(\C#N)C(N)=O)c2C)c(C)c1/C=C(\C#N)C(N)=O. The molecule has 0 heterocycles. The number of hydrogen-bond donors (Lipinski definition) is 2. The Labute approximate surface area is 194 Å². The number of amides is 2. The third kappa shape index (κ3) is 5.19.